The Hall–Kier alpha value is -0.980. The summed E-state index contributed by atoms with van der Waals surface area (Å²) in [7, 11) is 0. The molecular formula is C9H10N. The lowest BCUT2D eigenvalue weighted by Gasteiger charge is -1.98. The van der Waals surface area contributed by atoms with Gasteiger partial charge in [0.15, 0.2) is 0 Å². The molecule has 51 valence electrons. The van der Waals surface area contributed by atoms with E-state index in [9.17, 15) is 0 Å². The SMILES string of the molecule is Nc1ccc2c(c1)C[CH]C2. The lowest BCUT2D eigenvalue weighted by atomic mass is 10.1. The van der Waals surface area contributed by atoms with E-state index < -0.39 is 0 Å². The van der Waals surface area contributed by atoms with Gasteiger partial charge in [0.1, 0.15) is 0 Å². The average molecular weight is 132 g/mol. The third-order valence-corrected chi connectivity index (χ3v) is 1.96. The molecule has 0 aromatic heterocycles. The third kappa shape index (κ3) is 0.783. The first-order valence-electron chi connectivity index (χ1n) is 3.55. The van der Waals surface area contributed by atoms with Crippen LogP contribution in [0.1, 0.15) is 11.1 Å². The Bertz CT molecular complexity index is 253. The molecule has 0 atom stereocenters. The molecule has 2 rings (SSSR count). The van der Waals surface area contributed by atoms with Gasteiger partial charge < -0.3 is 5.73 Å². The maximum Gasteiger partial charge on any atom is 0.0316 e. The molecule has 0 saturated carbocycles. The van der Waals surface area contributed by atoms with Crippen molar-refractivity contribution in [3.63, 3.8) is 0 Å². The molecule has 0 spiro atoms. The minimum absolute atomic E-state index is 0.883. The van der Waals surface area contributed by atoms with Crippen LogP contribution in [-0.2, 0) is 12.8 Å². The summed E-state index contributed by atoms with van der Waals surface area (Å²) >= 11 is 0. The van der Waals surface area contributed by atoms with Gasteiger partial charge in [-0.3, -0.25) is 0 Å². The summed E-state index contributed by atoms with van der Waals surface area (Å²) in [6.07, 6.45) is 4.50. The summed E-state index contributed by atoms with van der Waals surface area (Å²) in [4.78, 5) is 0. The normalized spacial score (nSPS) is 15.2. The summed E-state index contributed by atoms with van der Waals surface area (Å²) in [5, 5.41) is 0. The Labute approximate surface area is 60.9 Å². The molecule has 1 aliphatic rings. The fraction of sp³-hybridized carbons (Fsp3) is 0.222. The molecule has 0 amide bonds. The summed E-state index contributed by atoms with van der Waals surface area (Å²) in [5.41, 5.74) is 9.34. The van der Waals surface area contributed by atoms with Crippen LogP contribution in [0.5, 0.6) is 0 Å². The molecule has 0 unspecified atom stereocenters. The molecule has 1 heteroatoms. The number of hydrogen-bond acceptors (Lipinski definition) is 1. The molecule has 10 heavy (non-hydrogen) atoms. The average Bonchev–Trinajstić information content (AvgIpc) is 2.33. The molecular weight excluding hydrogens is 122 g/mol. The van der Waals surface area contributed by atoms with E-state index in [0.29, 0.717) is 0 Å². The van der Waals surface area contributed by atoms with E-state index in [0.717, 1.165) is 18.5 Å². The number of nitrogens with two attached hydrogens (primary N) is 1. The first kappa shape index (κ1) is 5.78. The van der Waals surface area contributed by atoms with E-state index in [4.69, 9.17) is 5.73 Å². The zero-order valence-corrected chi connectivity index (χ0v) is 5.80. The summed E-state index contributed by atoms with van der Waals surface area (Å²) in [6.45, 7) is 0. The van der Waals surface area contributed by atoms with Crippen LogP contribution in [-0.4, -0.2) is 0 Å². The van der Waals surface area contributed by atoms with Gasteiger partial charge in [-0.1, -0.05) is 6.07 Å². The second-order valence-electron chi connectivity index (χ2n) is 2.73. The summed E-state index contributed by atoms with van der Waals surface area (Å²) in [5.74, 6) is 0. The molecule has 0 fully saturated rings. The monoisotopic (exact) mass is 132 g/mol. The molecule has 2 N–H and O–H groups in total. The van der Waals surface area contributed by atoms with Crippen molar-refractivity contribution >= 4 is 5.69 Å². The van der Waals surface area contributed by atoms with Gasteiger partial charge in [-0.25, -0.2) is 0 Å². The molecule has 1 radical (unpaired) electrons. The molecule has 1 aromatic carbocycles. The fourth-order valence-electron chi connectivity index (χ4n) is 1.42. The van der Waals surface area contributed by atoms with Gasteiger partial charge in [0.2, 0.25) is 0 Å². The van der Waals surface area contributed by atoms with Gasteiger partial charge in [-0.2, -0.15) is 0 Å². The zero-order valence-electron chi connectivity index (χ0n) is 5.80. The largest absolute Gasteiger partial charge is 0.399 e. The highest BCUT2D eigenvalue weighted by Gasteiger charge is 2.09. The van der Waals surface area contributed by atoms with Gasteiger partial charge in [0.05, 0.1) is 0 Å². The van der Waals surface area contributed by atoms with Crippen LogP contribution < -0.4 is 5.73 Å². The first-order chi connectivity index (χ1) is 4.86. The molecule has 0 heterocycles. The Morgan fingerprint density at radius 1 is 1.10 bits per heavy atom. The molecule has 0 saturated heterocycles. The molecule has 1 nitrogen and oxygen atoms in total. The van der Waals surface area contributed by atoms with Crippen LogP contribution in [0.25, 0.3) is 0 Å². The number of hydrogen-bond donors (Lipinski definition) is 1. The van der Waals surface area contributed by atoms with Gasteiger partial charge in [0.25, 0.3) is 0 Å². The third-order valence-electron chi connectivity index (χ3n) is 1.96. The zero-order chi connectivity index (χ0) is 6.97. The molecule has 1 aromatic rings. The van der Waals surface area contributed by atoms with Crippen molar-refractivity contribution in [2.75, 3.05) is 5.73 Å². The van der Waals surface area contributed by atoms with Crippen molar-refractivity contribution in [2.24, 2.45) is 0 Å². The Kier molecular flexibility index (Phi) is 1.16. The molecule has 1 aliphatic carbocycles. The van der Waals surface area contributed by atoms with Crippen LogP contribution >= 0.6 is 0 Å². The van der Waals surface area contributed by atoms with Crippen LogP contribution in [0.3, 0.4) is 0 Å². The van der Waals surface area contributed by atoms with E-state index in [2.05, 4.69) is 18.6 Å². The number of rotatable bonds is 0. The van der Waals surface area contributed by atoms with E-state index >= 15 is 0 Å². The van der Waals surface area contributed by atoms with Gasteiger partial charge in [-0.15, -0.1) is 0 Å². The van der Waals surface area contributed by atoms with Gasteiger partial charge >= 0.3 is 0 Å². The number of benzene rings is 1. The van der Waals surface area contributed by atoms with E-state index in [1.807, 2.05) is 6.07 Å². The van der Waals surface area contributed by atoms with E-state index in [1.165, 1.54) is 11.1 Å². The second-order valence-corrected chi connectivity index (χ2v) is 2.73. The first-order valence-corrected chi connectivity index (χ1v) is 3.55. The van der Waals surface area contributed by atoms with Gasteiger partial charge in [-0.05, 0) is 42.5 Å². The molecule has 0 aliphatic heterocycles. The van der Waals surface area contributed by atoms with E-state index in [-0.39, 0.29) is 0 Å². The van der Waals surface area contributed by atoms with Crippen molar-refractivity contribution in [3.05, 3.63) is 35.7 Å². The van der Waals surface area contributed by atoms with Crippen molar-refractivity contribution in [1.82, 2.24) is 0 Å². The quantitative estimate of drug-likeness (QED) is 0.533. The highest BCUT2D eigenvalue weighted by Crippen LogP contribution is 2.22. The summed E-state index contributed by atoms with van der Waals surface area (Å²) < 4.78 is 0. The standard InChI is InChI=1S/C9H10N/c10-9-5-4-7-2-1-3-8(7)6-9/h1,4-6H,2-3,10H2. The highest BCUT2D eigenvalue weighted by atomic mass is 14.5. The van der Waals surface area contributed by atoms with Crippen LogP contribution in [0.4, 0.5) is 5.69 Å². The Morgan fingerprint density at radius 2 is 1.90 bits per heavy atom. The minimum atomic E-state index is 0.883. The Morgan fingerprint density at radius 3 is 2.80 bits per heavy atom. The van der Waals surface area contributed by atoms with Crippen LogP contribution in [0.2, 0.25) is 0 Å². The van der Waals surface area contributed by atoms with E-state index in [1.54, 1.807) is 0 Å². The number of fused-ring (bicyclic) bond motifs is 1. The number of anilines is 1. The van der Waals surface area contributed by atoms with Crippen molar-refractivity contribution in [3.8, 4) is 0 Å². The van der Waals surface area contributed by atoms with Crippen molar-refractivity contribution in [1.29, 1.82) is 0 Å². The highest BCUT2D eigenvalue weighted by molar-refractivity contribution is 5.47. The number of nitrogen functional groups attached to an aromatic ring is 1. The van der Waals surface area contributed by atoms with Crippen molar-refractivity contribution < 1.29 is 0 Å². The van der Waals surface area contributed by atoms with Crippen molar-refractivity contribution in [2.45, 2.75) is 12.8 Å². The smallest absolute Gasteiger partial charge is 0.0316 e. The lowest BCUT2D eigenvalue weighted by Crippen LogP contribution is -1.87. The maximum absolute atomic E-state index is 5.62. The molecule has 0 bridgehead atoms. The predicted molar refractivity (Wildman–Crippen MR) is 42.6 cm³/mol. The maximum atomic E-state index is 5.62. The minimum Gasteiger partial charge on any atom is -0.399 e. The topological polar surface area (TPSA) is 26.0 Å². The Balaban J connectivity index is 2.52. The lowest BCUT2D eigenvalue weighted by molar-refractivity contribution is 1.17. The second kappa shape index (κ2) is 2.01. The van der Waals surface area contributed by atoms with Crippen LogP contribution in [0.15, 0.2) is 18.2 Å². The van der Waals surface area contributed by atoms with Gasteiger partial charge in [0, 0.05) is 5.69 Å². The summed E-state index contributed by atoms with van der Waals surface area (Å²) in [6, 6.07) is 6.16. The fourth-order valence-corrected chi connectivity index (χ4v) is 1.42. The van der Waals surface area contributed by atoms with Crippen LogP contribution in [0, 0.1) is 6.42 Å². The predicted octanol–water partition coefficient (Wildman–Crippen LogP) is 1.57.